The minimum Gasteiger partial charge on any atom is -0.325 e. The molecule has 0 aliphatic carbocycles. The first-order valence-electron chi connectivity index (χ1n) is 8.12. The van der Waals surface area contributed by atoms with Gasteiger partial charge in [0.1, 0.15) is 0 Å². The molecule has 26 heavy (non-hydrogen) atoms. The Balaban J connectivity index is 1.64. The first-order chi connectivity index (χ1) is 12.5. The molecule has 3 aromatic rings. The lowest BCUT2D eigenvalue weighted by atomic mass is 10.1. The molecule has 2 aromatic carbocycles. The topological polar surface area (TPSA) is 59.1 Å². The number of nitrogens with zero attached hydrogens (tertiary/aromatic N) is 1. The van der Waals surface area contributed by atoms with Crippen LogP contribution in [0.4, 0.5) is 5.69 Å². The molecule has 4 nitrogen and oxygen atoms in total. The van der Waals surface area contributed by atoms with Gasteiger partial charge in [0.25, 0.3) is 0 Å². The SMILES string of the molecule is CC(=O)c1cccc(NC(=O)[C@@H](C)Sc2nc(-c3ccccc3)cs2)c1. The molecule has 0 unspecified atom stereocenters. The molecule has 1 aromatic heterocycles. The predicted octanol–water partition coefficient (Wildman–Crippen LogP) is 5.13. The van der Waals surface area contributed by atoms with E-state index in [2.05, 4.69) is 10.3 Å². The fraction of sp³-hybridized carbons (Fsp3) is 0.150. The molecular weight excluding hydrogens is 364 g/mol. The number of amides is 1. The van der Waals surface area contributed by atoms with Crippen LogP contribution in [-0.2, 0) is 4.79 Å². The van der Waals surface area contributed by atoms with Crippen molar-refractivity contribution in [1.29, 1.82) is 0 Å². The highest BCUT2D eigenvalue weighted by atomic mass is 32.2. The summed E-state index contributed by atoms with van der Waals surface area (Å²) in [6.45, 7) is 3.35. The van der Waals surface area contributed by atoms with E-state index in [4.69, 9.17) is 0 Å². The van der Waals surface area contributed by atoms with E-state index >= 15 is 0 Å². The van der Waals surface area contributed by atoms with E-state index in [1.54, 1.807) is 24.3 Å². The molecule has 6 heteroatoms. The summed E-state index contributed by atoms with van der Waals surface area (Å²) in [7, 11) is 0. The Bertz CT molecular complexity index is 922. The van der Waals surface area contributed by atoms with Crippen LogP contribution in [0.3, 0.4) is 0 Å². The highest BCUT2D eigenvalue weighted by molar-refractivity contribution is 8.02. The van der Waals surface area contributed by atoms with Crippen LogP contribution in [0.1, 0.15) is 24.2 Å². The minimum absolute atomic E-state index is 0.0280. The van der Waals surface area contributed by atoms with Gasteiger partial charge in [-0.25, -0.2) is 4.98 Å². The van der Waals surface area contributed by atoms with Crippen molar-refractivity contribution in [3.8, 4) is 11.3 Å². The molecule has 1 heterocycles. The van der Waals surface area contributed by atoms with Crippen molar-refractivity contribution in [3.63, 3.8) is 0 Å². The number of nitrogens with one attached hydrogen (secondary N) is 1. The Morgan fingerprint density at radius 3 is 2.62 bits per heavy atom. The number of hydrogen-bond donors (Lipinski definition) is 1. The number of Topliss-reactive ketones (excluding diaryl/α,β-unsaturated/α-hetero) is 1. The smallest absolute Gasteiger partial charge is 0.237 e. The third-order valence-corrected chi connectivity index (χ3v) is 5.81. The van der Waals surface area contributed by atoms with E-state index in [9.17, 15) is 9.59 Å². The second-order valence-electron chi connectivity index (χ2n) is 5.75. The van der Waals surface area contributed by atoms with Gasteiger partial charge in [0.05, 0.1) is 10.9 Å². The van der Waals surface area contributed by atoms with Crippen LogP contribution in [0.2, 0.25) is 0 Å². The van der Waals surface area contributed by atoms with Crippen molar-refractivity contribution in [2.24, 2.45) is 0 Å². The first kappa shape index (κ1) is 18.4. The Labute approximate surface area is 160 Å². The van der Waals surface area contributed by atoms with Gasteiger partial charge in [-0.3, -0.25) is 9.59 Å². The lowest BCUT2D eigenvalue weighted by Gasteiger charge is -2.11. The third kappa shape index (κ3) is 4.59. The minimum atomic E-state index is -0.300. The molecule has 0 aliphatic rings. The number of aromatic nitrogens is 1. The Kier molecular flexibility index (Phi) is 5.85. The molecule has 0 spiro atoms. The number of carbonyl (C=O) groups is 2. The predicted molar refractivity (Wildman–Crippen MR) is 108 cm³/mol. The summed E-state index contributed by atoms with van der Waals surface area (Å²) in [4.78, 5) is 28.5. The monoisotopic (exact) mass is 382 g/mol. The number of rotatable bonds is 6. The number of thiazole rings is 1. The molecule has 0 bridgehead atoms. The van der Waals surface area contributed by atoms with E-state index in [0.717, 1.165) is 15.6 Å². The molecule has 0 saturated heterocycles. The van der Waals surface area contributed by atoms with Gasteiger partial charge in [-0.1, -0.05) is 54.2 Å². The van der Waals surface area contributed by atoms with Gasteiger partial charge in [0.2, 0.25) is 5.91 Å². The zero-order chi connectivity index (χ0) is 18.5. The maximum Gasteiger partial charge on any atom is 0.237 e. The molecule has 0 radical (unpaired) electrons. The molecule has 132 valence electrons. The van der Waals surface area contributed by atoms with Crippen LogP contribution in [0.15, 0.2) is 64.3 Å². The fourth-order valence-electron chi connectivity index (χ4n) is 2.32. The van der Waals surface area contributed by atoms with Crippen LogP contribution < -0.4 is 5.32 Å². The summed E-state index contributed by atoms with van der Waals surface area (Å²) in [6.07, 6.45) is 0. The highest BCUT2D eigenvalue weighted by Gasteiger charge is 2.17. The molecule has 1 atom stereocenters. The molecular formula is C20H18N2O2S2. The maximum atomic E-state index is 12.4. The first-order valence-corrected chi connectivity index (χ1v) is 9.88. The Hall–Kier alpha value is -2.44. The number of benzene rings is 2. The number of anilines is 1. The van der Waals surface area contributed by atoms with Crippen LogP contribution in [0, 0.1) is 0 Å². The quantitative estimate of drug-likeness (QED) is 0.474. The molecule has 1 amide bonds. The van der Waals surface area contributed by atoms with Gasteiger partial charge in [-0.05, 0) is 26.0 Å². The van der Waals surface area contributed by atoms with Crippen molar-refractivity contribution < 1.29 is 9.59 Å². The van der Waals surface area contributed by atoms with Crippen molar-refractivity contribution in [3.05, 3.63) is 65.5 Å². The van der Waals surface area contributed by atoms with Gasteiger partial charge in [-0.2, -0.15) is 0 Å². The molecule has 1 N–H and O–H groups in total. The van der Waals surface area contributed by atoms with Gasteiger partial charge in [0, 0.05) is 22.2 Å². The number of carbonyl (C=O) groups excluding carboxylic acids is 2. The number of hydrogen-bond acceptors (Lipinski definition) is 5. The average Bonchev–Trinajstić information content (AvgIpc) is 3.11. The number of ketones is 1. The standard InChI is InChI=1S/C20H18N2O2S2/c1-13(23)16-9-6-10-17(11-16)21-19(24)14(2)26-20-22-18(12-25-20)15-7-4-3-5-8-15/h3-12,14H,1-2H3,(H,21,24)/t14-/m1/s1. The Morgan fingerprint density at radius 2 is 1.88 bits per heavy atom. The van der Waals surface area contributed by atoms with Gasteiger partial charge >= 0.3 is 0 Å². The normalized spacial score (nSPS) is 11.8. The van der Waals surface area contributed by atoms with Gasteiger partial charge in [0.15, 0.2) is 10.1 Å². The largest absolute Gasteiger partial charge is 0.325 e. The van der Waals surface area contributed by atoms with Crippen molar-refractivity contribution in [1.82, 2.24) is 4.98 Å². The maximum absolute atomic E-state index is 12.4. The van der Waals surface area contributed by atoms with Crippen LogP contribution in [0.25, 0.3) is 11.3 Å². The second-order valence-corrected chi connectivity index (χ2v) is 8.20. The zero-order valence-corrected chi connectivity index (χ0v) is 16.1. The van der Waals surface area contributed by atoms with E-state index in [1.807, 2.05) is 42.6 Å². The average molecular weight is 383 g/mol. The summed E-state index contributed by atoms with van der Waals surface area (Å²) >= 11 is 2.96. The van der Waals surface area contributed by atoms with Crippen LogP contribution in [-0.4, -0.2) is 21.9 Å². The van der Waals surface area contributed by atoms with E-state index in [1.165, 1.54) is 30.0 Å². The van der Waals surface area contributed by atoms with Crippen molar-refractivity contribution in [2.45, 2.75) is 23.4 Å². The van der Waals surface area contributed by atoms with E-state index < -0.39 is 0 Å². The molecule has 0 aliphatic heterocycles. The number of thioether (sulfide) groups is 1. The van der Waals surface area contributed by atoms with Gasteiger partial charge < -0.3 is 5.32 Å². The molecule has 0 saturated carbocycles. The summed E-state index contributed by atoms with van der Waals surface area (Å²) in [5, 5.41) is 4.56. The summed E-state index contributed by atoms with van der Waals surface area (Å²) in [6, 6.07) is 16.9. The van der Waals surface area contributed by atoms with Crippen LogP contribution in [0.5, 0.6) is 0 Å². The van der Waals surface area contributed by atoms with Crippen molar-refractivity contribution in [2.75, 3.05) is 5.32 Å². The van der Waals surface area contributed by atoms with Gasteiger partial charge in [-0.15, -0.1) is 11.3 Å². The van der Waals surface area contributed by atoms with E-state index in [0.29, 0.717) is 11.3 Å². The molecule has 3 rings (SSSR count). The second kappa shape index (κ2) is 8.29. The lowest BCUT2D eigenvalue weighted by Crippen LogP contribution is -2.22. The summed E-state index contributed by atoms with van der Waals surface area (Å²) in [5.74, 6) is -0.146. The zero-order valence-electron chi connectivity index (χ0n) is 14.4. The Morgan fingerprint density at radius 1 is 1.12 bits per heavy atom. The highest BCUT2D eigenvalue weighted by Crippen LogP contribution is 2.31. The van der Waals surface area contributed by atoms with Crippen LogP contribution >= 0.6 is 23.1 Å². The van der Waals surface area contributed by atoms with E-state index in [-0.39, 0.29) is 16.9 Å². The summed E-state index contributed by atoms with van der Waals surface area (Å²) < 4.78 is 0.851. The summed E-state index contributed by atoms with van der Waals surface area (Å²) in [5.41, 5.74) is 3.18. The van der Waals surface area contributed by atoms with Crippen molar-refractivity contribution >= 4 is 40.5 Å². The lowest BCUT2D eigenvalue weighted by molar-refractivity contribution is -0.115. The molecule has 0 fully saturated rings. The fourth-order valence-corrected chi connectivity index (χ4v) is 4.29. The third-order valence-electron chi connectivity index (χ3n) is 3.74.